The summed E-state index contributed by atoms with van der Waals surface area (Å²) in [5.41, 5.74) is 13.2. The molecule has 0 saturated carbocycles. The van der Waals surface area contributed by atoms with Crippen molar-refractivity contribution in [2.75, 3.05) is 5.73 Å². The molecule has 0 unspecified atom stereocenters. The van der Waals surface area contributed by atoms with Crippen LogP contribution >= 0.6 is 0 Å². The summed E-state index contributed by atoms with van der Waals surface area (Å²) in [5, 5.41) is 15.0. The number of phenols is 1. The van der Waals surface area contributed by atoms with Crippen molar-refractivity contribution in [2.45, 2.75) is 13.8 Å². The second-order valence-corrected chi connectivity index (χ2v) is 10.6. The topological polar surface area (TPSA) is 59.4 Å². The minimum atomic E-state index is 0.137. The van der Waals surface area contributed by atoms with E-state index in [4.69, 9.17) is 10.2 Å². The lowest BCUT2D eigenvalue weighted by atomic mass is 9.98. The molecule has 0 aliphatic rings. The van der Waals surface area contributed by atoms with E-state index < -0.39 is 0 Å². The highest BCUT2D eigenvalue weighted by Crippen LogP contribution is 2.36. The second kappa shape index (κ2) is 14.6. The summed E-state index contributed by atoms with van der Waals surface area (Å²) in [7, 11) is 0. The van der Waals surface area contributed by atoms with Gasteiger partial charge in [0, 0.05) is 16.3 Å². The Morgan fingerprint density at radius 1 is 0.689 bits per heavy atom. The van der Waals surface area contributed by atoms with Crippen LogP contribution in [0.25, 0.3) is 55.0 Å². The van der Waals surface area contributed by atoms with Crippen molar-refractivity contribution in [1.82, 2.24) is 0 Å². The number of furan rings is 1. The van der Waals surface area contributed by atoms with Crippen molar-refractivity contribution in [3.8, 4) is 28.0 Å². The van der Waals surface area contributed by atoms with Crippen LogP contribution in [-0.4, -0.2) is 5.11 Å². The normalized spacial score (nSPS) is 11.2. The van der Waals surface area contributed by atoms with Crippen molar-refractivity contribution in [2.24, 2.45) is 0 Å². The van der Waals surface area contributed by atoms with Gasteiger partial charge in [0.1, 0.15) is 16.9 Å². The zero-order chi connectivity index (χ0) is 31.6. The zero-order valence-corrected chi connectivity index (χ0v) is 25.7. The van der Waals surface area contributed by atoms with Gasteiger partial charge in [0.25, 0.3) is 0 Å². The van der Waals surface area contributed by atoms with Gasteiger partial charge >= 0.3 is 0 Å². The van der Waals surface area contributed by atoms with Gasteiger partial charge < -0.3 is 15.3 Å². The van der Waals surface area contributed by atoms with E-state index in [0.29, 0.717) is 5.69 Å². The number of nitrogen functional groups attached to an aromatic ring is 1. The molecule has 3 nitrogen and oxygen atoms in total. The summed E-state index contributed by atoms with van der Waals surface area (Å²) in [5.74, 6) is 0.137. The molecule has 7 rings (SSSR count). The van der Waals surface area contributed by atoms with Crippen LogP contribution in [0.15, 0.2) is 174 Å². The Balaban J connectivity index is 0.000000146. The highest BCUT2D eigenvalue weighted by Gasteiger charge is 2.09. The molecule has 1 heterocycles. The van der Waals surface area contributed by atoms with Crippen molar-refractivity contribution in [3.63, 3.8) is 0 Å². The maximum Gasteiger partial charge on any atom is 0.146 e. The summed E-state index contributed by atoms with van der Waals surface area (Å²) < 4.78 is 5.86. The highest BCUT2D eigenvalue weighted by atomic mass is 16.3. The van der Waals surface area contributed by atoms with Gasteiger partial charge in [-0.2, -0.15) is 0 Å². The van der Waals surface area contributed by atoms with Gasteiger partial charge in [-0.25, -0.2) is 0 Å². The van der Waals surface area contributed by atoms with Gasteiger partial charge in [-0.15, -0.1) is 0 Å². The number of fused-ring (bicyclic) bond motifs is 5. The molecule has 0 spiro atoms. The van der Waals surface area contributed by atoms with Crippen LogP contribution in [0, 0.1) is 0 Å². The van der Waals surface area contributed by atoms with E-state index in [9.17, 15) is 5.11 Å². The smallest absolute Gasteiger partial charge is 0.146 e. The maximum absolute atomic E-state index is 10.1. The summed E-state index contributed by atoms with van der Waals surface area (Å²) >= 11 is 0. The Hall–Kier alpha value is -5.80. The fourth-order valence-corrected chi connectivity index (χ4v) is 5.10. The molecule has 0 amide bonds. The number of phenolic OH excluding ortho intramolecular Hbond substituents is 1. The number of rotatable bonds is 4. The Kier molecular flexibility index (Phi) is 9.94. The van der Waals surface area contributed by atoms with Crippen molar-refractivity contribution in [3.05, 3.63) is 170 Å². The molecule has 0 fully saturated rings. The van der Waals surface area contributed by atoms with Crippen LogP contribution < -0.4 is 5.73 Å². The maximum atomic E-state index is 10.1. The first-order chi connectivity index (χ1) is 22.0. The Labute approximate surface area is 264 Å². The summed E-state index contributed by atoms with van der Waals surface area (Å²) in [6.07, 6.45) is 7.84. The Morgan fingerprint density at radius 3 is 2.13 bits per heavy atom. The number of benzene rings is 6. The number of hydrogen-bond acceptors (Lipinski definition) is 3. The summed E-state index contributed by atoms with van der Waals surface area (Å²) in [6.45, 7) is 7.63. The first-order valence-electron chi connectivity index (χ1n) is 14.9. The van der Waals surface area contributed by atoms with Gasteiger partial charge in [0.2, 0.25) is 0 Å². The lowest BCUT2D eigenvalue weighted by Gasteiger charge is -2.09. The molecule has 0 bridgehead atoms. The molecule has 7 aromatic rings. The third-order valence-electron chi connectivity index (χ3n) is 7.49. The predicted octanol–water partition coefficient (Wildman–Crippen LogP) is 11.7. The average molecular weight is 588 g/mol. The first kappa shape index (κ1) is 30.7. The Bertz CT molecular complexity index is 2110. The van der Waals surface area contributed by atoms with E-state index in [1.165, 1.54) is 27.1 Å². The second-order valence-electron chi connectivity index (χ2n) is 10.6. The molecule has 0 saturated heterocycles. The van der Waals surface area contributed by atoms with Crippen LogP contribution in [-0.2, 0) is 0 Å². The van der Waals surface area contributed by atoms with Gasteiger partial charge in [-0.1, -0.05) is 146 Å². The van der Waals surface area contributed by atoms with E-state index in [2.05, 4.69) is 79.4 Å². The van der Waals surface area contributed by atoms with Gasteiger partial charge in [0.05, 0.1) is 5.69 Å². The van der Waals surface area contributed by atoms with Crippen molar-refractivity contribution < 1.29 is 9.52 Å². The standard InChI is InChI=1S/C18H15NO.C16H10O.C8H12/c19-17-11-5-10-16(18(17)20)15-9-4-8-14(12-15)13-6-2-1-3-7-13;1-2-6-12-11(5-1)9-10-15-16(12)13-7-3-4-8-14(13)17-15;1-4-6-7-8(3)5-2/h1-12,20H,19H2;1-10H;4-7H,2H2,1,3H3/b;;6-4-,8-7-. The monoisotopic (exact) mass is 587 g/mol. The average Bonchev–Trinajstić information content (AvgIpc) is 3.49. The van der Waals surface area contributed by atoms with E-state index >= 15 is 0 Å². The number of hydrogen-bond donors (Lipinski definition) is 2. The SMILES string of the molecule is C=C/C(C)=C\C=C/C.Nc1cccc(-c2cccc(-c3ccccc3)c2)c1O.c1ccc2c(c1)ccc1oc3ccccc3c12. The number of anilines is 1. The third-order valence-corrected chi connectivity index (χ3v) is 7.49. The Morgan fingerprint density at radius 2 is 1.36 bits per heavy atom. The zero-order valence-electron chi connectivity index (χ0n) is 25.7. The molecule has 45 heavy (non-hydrogen) atoms. The van der Waals surface area contributed by atoms with Gasteiger partial charge in [-0.05, 0) is 65.6 Å². The van der Waals surface area contributed by atoms with Crippen LogP contribution in [0.2, 0.25) is 0 Å². The molecule has 0 aliphatic carbocycles. The van der Waals surface area contributed by atoms with E-state index in [1.807, 2.05) is 92.7 Å². The molecule has 6 aromatic carbocycles. The minimum absolute atomic E-state index is 0.137. The fourth-order valence-electron chi connectivity index (χ4n) is 5.10. The molecular formula is C42H37NO2. The molecule has 222 valence electrons. The highest BCUT2D eigenvalue weighted by molar-refractivity contribution is 6.18. The molecule has 3 heteroatoms. The molecule has 1 aromatic heterocycles. The van der Waals surface area contributed by atoms with Gasteiger partial charge in [0.15, 0.2) is 0 Å². The third kappa shape index (κ3) is 7.23. The number of aromatic hydroxyl groups is 1. The molecule has 0 radical (unpaired) electrons. The van der Waals surface area contributed by atoms with Crippen LogP contribution in [0.5, 0.6) is 5.75 Å². The molecular weight excluding hydrogens is 550 g/mol. The van der Waals surface area contributed by atoms with Crippen molar-refractivity contribution in [1.29, 1.82) is 0 Å². The van der Waals surface area contributed by atoms with Crippen LogP contribution in [0.4, 0.5) is 5.69 Å². The molecule has 3 N–H and O–H groups in total. The number of allylic oxidation sites excluding steroid dienone is 5. The minimum Gasteiger partial charge on any atom is -0.505 e. The largest absolute Gasteiger partial charge is 0.505 e. The van der Waals surface area contributed by atoms with Crippen LogP contribution in [0.1, 0.15) is 13.8 Å². The van der Waals surface area contributed by atoms with Crippen LogP contribution in [0.3, 0.4) is 0 Å². The lowest BCUT2D eigenvalue weighted by Crippen LogP contribution is -1.88. The van der Waals surface area contributed by atoms with Gasteiger partial charge in [-0.3, -0.25) is 0 Å². The predicted molar refractivity (Wildman–Crippen MR) is 193 cm³/mol. The number of nitrogens with two attached hydrogens (primary N) is 1. The van der Waals surface area contributed by atoms with E-state index in [-0.39, 0.29) is 5.75 Å². The molecule has 0 atom stereocenters. The summed E-state index contributed by atoms with van der Waals surface area (Å²) in [4.78, 5) is 0. The van der Waals surface area contributed by atoms with Crippen molar-refractivity contribution >= 4 is 38.4 Å². The summed E-state index contributed by atoms with van der Waals surface area (Å²) in [6, 6.07) is 44.4. The van der Waals surface area contributed by atoms with E-state index in [1.54, 1.807) is 6.07 Å². The lowest BCUT2D eigenvalue weighted by molar-refractivity contribution is 0.480. The van der Waals surface area contributed by atoms with E-state index in [0.717, 1.165) is 33.4 Å². The first-order valence-corrected chi connectivity index (χ1v) is 14.9. The fraction of sp³-hybridized carbons (Fsp3) is 0.0476. The quantitative estimate of drug-likeness (QED) is 0.122. The molecule has 0 aliphatic heterocycles. The number of para-hydroxylation sites is 2.